The second-order valence-electron chi connectivity index (χ2n) is 8.69. The highest BCUT2D eigenvalue weighted by molar-refractivity contribution is 7.21. The van der Waals surface area contributed by atoms with Gasteiger partial charge in [-0.25, -0.2) is 19.7 Å². The highest BCUT2D eigenvalue weighted by atomic mass is 32.1. The minimum atomic E-state index is -0.478. The van der Waals surface area contributed by atoms with Gasteiger partial charge < -0.3 is 14.5 Å². The lowest BCUT2D eigenvalue weighted by molar-refractivity contribution is 0.0599. The Morgan fingerprint density at radius 3 is 2.47 bits per heavy atom. The van der Waals surface area contributed by atoms with E-state index in [2.05, 4.69) is 41.5 Å². The van der Waals surface area contributed by atoms with Crippen LogP contribution in [0.5, 0.6) is 0 Å². The average molecular weight is 499 g/mol. The molecule has 7 nitrogen and oxygen atoms in total. The first kappa shape index (κ1) is 23.7. The molecule has 0 aliphatic rings. The molecule has 0 fully saturated rings. The van der Waals surface area contributed by atoms with Gasteiger partial charge in [0.15, 0.2) is 0 Å². The molecule has 36 heavy (non-hydrogen) atoms. The fourth-order valence-electron chi connectivity index (χ4n) is 4.23. The lowest BCUT2D eigenvalue weighted by Crippen LogP contribution is -2.07. The van der Waals surface area contributed by atoms with Gasteiger partial charge in [0.1, 0.15) is 28.0 Å². The first-order chi connectivity index (χ1) is 17.3. The van der Waals surface area contributed by atoms with Crippen LogP contribution in [0.2, 0.25) is 0 Å². The van der Waals surface area contributed by atoms with Gasteiger partial charge in [-0.3, -0.25) is 0 Å². The summed E-state index contributed by atoms with van der Waals surface area (Å²) < 4.78 is 12.2. The van der Waals surface area contributed by atoms with Crippen molar-refractivity contribution < 1.29 is 13.9 Å². The van der Waals surface area contributed by atoms with E-state index < -0.39 is 5.97 Å². The van der Waals surface area contributed by atoms with E-state index in [4.69, 9.17) is 19.1 Å². The molecule has 0 amide bonds. The van der Waals surface area contributed by atoms with E-state index in [1.165, 1.54) is 24.0 Å². The Kier molecular flexibility index (Phi) is 6.28. The Bertz CT molecular complexity index is 1550. The maximum atomic E-state index is 12.8. The molecular formula is C28H26N4O3S. The number of benzene rings is 2. The van der Waals surface area contributed by atoms with Crippen LogP contribution in [0.1, 0.15) is 44.3 Å². The van der Waals surface area contributed by atoms with Crippen LogP contribution in [0.25, 0.3) is 20.8 Å². The fraction of sp³-hybridized carbons (Fsp3) is 0.214. The van der Waals surface area contributed by atoms with Gasteiger partial charge in [-0.05, 0) is 45.4 Å². The number of ether oxygens (including phenoxy) is 1. The van der Waals surface area contributed by atoms with Crippen molar-refractivity contribution >= 4 is 39.2 Å². The normalized spacial score (nSPS) is 11.1. The molecule has 0 atom stereocenters. The summed E-state index contributed by atoms with van der Waals surface area (Å²) in [7, 11) is 1.36. The zero-order valence-electron chi connectivity index (χ0n) is 20.8. The van der Waals surface area contributed by atoms with Gasteiger partial charge in [0.2, 0.25) is 5.88 Å². The summed E-state index contributed by atoms with van der Waals surface area (Å²) >= 11 is 1.49. The SMILES string of the molecule is COC(=O)c1c(C)oc(Nc2nc(C)nc(C)c2Cc2ccc(C)cc2)c1-c1nc2ccccc2s1. The lowest BCUT2D eigenvalue weighted by Gasteiger charge is -2.14. The lowest BCUT2D eigenvalue weighted by atomic mass is 10.0. The predicted molar refractivity (Wildman–Crippen MR) is 142 cm³/mol. The molecule has 0 saturated heterocycles. The van der Waals surface area contributed by atoms with Crippen molar-refractivity contribution in [3.63, 3.8) is 0 Å². The van der Waals surface area contributed by atoms with Gasteiger partial charge in [-0.2, -0.15) is 0 Å². The van der Waals surface area contributed by atoms with E-state index in [0.717, 1.165) is 27.0 Å². The maximum Gasteiger partial charge on any atom is 0.342 e. The molecule has 0 aliphatic carbocycles. The zero-order chi connectivity index (χ0) is 25.4. The van der Waals surface area contributed by atoms with Crippen molar-refractivity contribution in [3.8, 4) is 10.6 Å². The predicted octanol–water partition coefficient (Wildman–Crippen LogP) is 6.70. The monoisotopic (exact) mass is 498 g/mol. The van der Waals surface area contributed by atoms with Crippen molar-refractivity contribution in [2.75, 3.05) is 12.4 Å². The van der Waals surface area contributed by atoms with Crippen molar-refractivity contribution in [1.29, 1.82) is 0 Å². The number of aromatic nitrogens is 3. The van der Waals surface area contributed by atoms with Gasteiger partial charge in [-0.15, -0.1) is 11.3 Å². The van der Waals surface area contributed by atoms with E-state index in [-0.39, 0.29) is 0 Å². The number of esters is 1. The first-order valence-corrected chi connectivity index (χ1v) is 12.4. The number of aryl methyl sites for hydroxylation is 4. The van der Waals surface area contributed by atoms with Crippen LogP contribution in [-0.2, 0) is 11.2 Å². The number of rotatable bonds is 6. The summed E-state index contributed by atoms with van der Waals surface area (Å²) in [6, 6.07) is 16.3. The molecule has 2 aromatic carbocycles. The summed E-state index contributed by atoms with van der Waals surface area (Å²) in [4.78, 5) is 26.9. The van der Waals surface area contributed by atoms with E-state index in [0.29, 0.717) is 45.8 Å². The van der Waals surface area contributed by atoms with Gasteiger partial charge in [0, 0.05) is 17.7 Å². The molecule has 0 radical (unpaired) electrons. The number of methoxy groups -OCH3 is 1. The standard InChI is InChI=1S/C28H26N4O3S/c1-15-10-12-19(13-11-15)14-20-16(2)29-18(4)30-25(20)32-26-24(23(17(3)35-26)28(33)34-5)27-31-21-8-6-7-9-22(21)36-27/h6-13H,14H2,1-5H3,(H,29,30,32). The number of carbonyl (C=O) groups excluding carboxylic acids is 1. The molecule has 0 saturated carbocycles. The zero-order valence-corrected chi connectivity index (χ0v) is 21.6. The summed E-state index contributed by atoms with van der Waals surface area (Å²) in [6.45, 7) is 7.65. The van der Waals surface area contributed by atoms with Crippen molar-refractivity contribution in [2.45, 2.75) is 34.1 Å². The number of para-hydroxylation sites is 1. The molecule has 5 aromatic rings. The minimum absolute atomic E-state index is 0.349. The summed E-state index contributed by atoms with van der Waals surface area (Å²) in [5, 5.41) is 4.04. The number of nitrogens with one attached hydrogen (secondary N) is 1. The highest BCUT2D eigenvalue weighted by Gasteiger charge is 2.29. The Morgan fingerprint density at radius 2 is 1.75 bits per heavy atom. The largest absolute Gasteiger partial charge is 0.465 e. The molecule has 0 unspecified atom stereocenters. The van der Waals surface area contributed by atoms with E-state index in [1.54, 1.807) is 6.92 Å². The van der Waals surface area contributed by atoms with Crippen molar-refractivity contribution in [1.82, 2.24) is 15.0 Å². The molecule has 3 aromatic heterocycles. The van der Waals surface area contributed by atoms with E-state index >= 15 is 0 Å². The van der Waals surface area contributed by atoms with Crippen molar-refractivity contribution in [3.05, 3.63) is 88.1 Å². The third kappa shape index (κ3) is 4.47. The smallest absolute Gasteiger partial charge is 0.342 e. The Morgan fingerprint density at radius 1 is 1.00 bits per heavy atom. The van der Waals surface area contributed by atoms with Crippen LogP contribution in [0.3, 0.4) is 0 Å². The molecular weight excluding hydrogens is 472 g/mol. The minimum Gasteiger partial charge on any atom is -0.465 e. The second kappa shape index (κ2) is 9.54. The van der Waals surface area contributed by atoms with Crippen LogP contribution < -0.4 is 5.32 Å². The van der Waals surface area contributed by atoms with Crippen molar-refractivity contribution in [2.24, 2.45) is 0 Å². The summed E-state index contributed by atoms with van der Waals surface area (Å²) in [6.07, 6.45) is 0.648. The molecule has 5 rings (SSSR count). The molecule has 1 N–H and O–H groups in total. The summed E-state index contributed by atoms with van der Waals surface area (Å²) in [5.74, 6) is 1.64. The van der Waals surface area contributed by atoms with Gasteiger partial charge in [0.05, 0.1) is 22.9 Å². The number of thiazole rings is 1. The Balaban J connectivity index is 1.64. The molecule has 8 heteroatoms. The van der Waals surface area contributed by atoms with Gasteiger partial charge in [-0.1, -0.05) is 42.0 Å². The third-order valence-electron chi connectivity index (χ3n) is 6.04. The third-order valence-corrected chi connectivity index (χ3v) is 7.09. The number of anilines is 2. The number of fused-ring (bicyclic) bond motifs is 1. The Hall–Kier alpha value is -4.04. The quantitative estimate of drug-likeness (QED) is 0.260. The van der Waals surface area contributed by atoms with E-state index in [1.807, 2.05) is 38.1 Å². The number of furan rings is 1. The topological polar surface area (TPSA) is 90.1 Å². The second-order valence-corrected chi connectivity index (χ2v) is 9.72. The highest BCUT2D eigenvalue weighted by Crippen LogP contribution is 2.42. The van der Waals surface area contributed by atoms with E-state index in [9.17, 15) is 4.79 Å². The molecule has 0 spiro atoms. The van der Waals surface area contributed by atoms with Crippen LogP contribution in [0.15, 0.2) is 52.9 Å². The first-order valence-electron chi connectivity index (χ1n) is 11.6. The fourth-order valence-corrected chi connectivity index (χ4v) is 5.25. The summed E-state index contributed by atoms with van der Waals surface area (Å²) in [5.41, 5.74) is 5.95. The average Bonchev–Trinajstić information content (AvgIpc) is 3.42. The molecule has 182 valence electrons. The van der Waals surface area contributed by atoms with Gasteiger partial charge >= 0.3 is 5.97 Å². The van der Waals surface area contributed by atoms with Crippen LogP contribution in [-0.4, -0.2) is 28.0 Å². The number of carbonyl (C=O) groups is 1. The number of nitrogens with zero attached hydrogens (tertiary/aromatic N) is 3. The molecule has 0 aliphatic heterocycles. The molecule has 0 bridgehead atoms. The van der Waals surface area contributed by atoms with Crippen LogP contribution in [0.4, 0.5) is 11.7 Å². The Labute approximate surface area is 213 Å². The molecule has 3 heterocycles. The van der Waals surface area contributed by atoms with Crippen LogP contribution >= 0.6 is 11.3 Å². The van der Waals surface area contributed by atoms with Crippen LogP contribution in [0, 0.1) is 27.7 Å². The number of hydrogen-bond donors (Lipinski definition) is 1. The van der Waals surface area contributed by atoms with Gasteiger partial charge in [0.25, 0.3) is 0 Å². The number of hydrogen-bond acceptors (Lipinski definition) is 8. The maximum absolute atomic E-state index is 12.8.